The Morgan fingerprint density at radius 3 is 2.61 bits per heavy atom. The second-order valence-corrected chi connectivity index (χ2v) is 5.15. The van der Waals surface area contributed by atoms with Crippen LogP contribution in [0.15, 0.2) is 18.2 Å². The number of Topliss-reactive ketones (excluding diaryl/α,β-unsaturated/α-hetero) is 1. The molecule has 1 aliphatic rings. The molecule has 1 amide bonds. The highest BCUT2D eigenvalue weighted by Crippen LogP contribution is 2.29. The first kappa shape index (κ1) is 12.8. The molecule has 0 N–H and O–H groups in total. The Bertz CT molecular complexity index is 491. The summed E-state index contributed by atoms with van der Waals surface area (Å²) in [7, 11) is 0. The second-order valence-electron chi connectivity index (χ2n) is 5.15. The summed E-state index contributed by atoms with van der Waals surface area (Å²) in [5, 5.41) is 0. The molecule has 0 fully saturated rings. The predicted octanol–water partition coefficient (Wildman–Crippen LogP) is 2.82. The van der Waals surface area contributed by atoms with Gasteiger partial charge >= 0.3 is 0 Å². The van der Waals surface area contributed by atoms with Crippen LogP contribution in [0.4, 0.5) is 5.69 Å². The number of hydrogen-bond donors (Lipinski definition) is 0. The number of aryl methyl sites for hydroxylation is 1. The van der Waals surface area contributed by atoms with Crippen molar-refractivity contribution in [2.45, 2.75) is 33.6 Å². The topological polar surface area (TPSA) is 37.4 Å². The molecule has 0 atom stereocenters. The summed E-state index contributed by atoms with van der Waals surface area (Å²) >= 11 is 0. The van der Waals surface area contributed by atoms with Gasteiger partial charge in [-0.05, 0) is 43.5 Å². The van der Waals surface area contributed by atoms with E-state index in [0.29, 0.717) is 0 Å². The van der Waals surface area contributed by atoms with E-state index in [2.05, 4.69) is 0 Å². The number of carbonyl (C=O) groups excluding carboxylic acids is 2. The van der Waals surface area contributed by atoms with Crippen LogP contribution in [0.5, 0.6) is 0 Å². The maximum atomic E-state index is 12.1. The molecule has 0 saturated heterocycles. The number of hydrogen-bond acceptors (Lipinski definition) is 2. The van der Waals surface area contributed by atoms with Gasteiger partial charge in [-0.15, -0.1) is 0 Å². The fourth-order valence-corrected chi connectivity index (χ4v) is 2.36. The lowest BCUT2D eigenvalue weighted by Gasteiger charge is -2.31. The summed E-state index contributed by atoms with van der Waals surface area (Å²) in [6.07, 6.45) is 1.91. The minimum Gasteiger partial charge on any atom is -0.312 e. The third-order valence-corrected chi connectivity index (χ3v) is 3.36. The van der Waals surface area contributed by atoms with Crippen LogP contribution in [-0.2, 0) is 11.2 Å². The third-order valence-electron chi connectivity index (χ3n) is 3.36. The molecule has 1 aromatic carbocycles. The lowest BCUT2D eigenvalue weighted by atomic mass is 9.97. The van der Waals surface area contributed by atoms with Crippen molar-refractivity contribution >= 4 is 17.4 Å². The standard InChI is InChI=1S/C15H19NO2/c1-10(2)15(18)16-8-4-5-13-9-12(11(3)17)6-7-14(13)16/h6-7,9-10H,4-5,8H2,1-3H3. The minimum absolute atomic E-state index is 0.00318. The maximum Gasteiger partial charge on any atom is 0.229 e. The zero-order chi connectivity index (χ0) is 13.3. The molecule has 0 saturated carbocycles. The van der Waals surface area contributed by atoms with E-state index in [1.807, 2.05) is 36.9 Å². The Hall–Kier alpha value is -1.64. The maximum absolute atomic E-state index is 12.1. The molecule has 0 aromatic heterocycles. The van der Waals surface area contributed by atoms with Crippen LogP contribution < -0.4 is 4.90 Å². The molecule has 0 unspecified atom stereocenters. The number of rotatable bonds is 2. The first-order valence-electron chi connectivity index (χ1n) is 6.46. The average Bonchev–Trinajstić information content (AvgIpc) is 2.36. The fraction of sp³-hybridized carbons (Fsp3) is 0.467. The van der Waals surface area contributed by atoms with Crippen molar-refractivity contribution < 1.29 is 9.59 Å². The molecule has 18 heavy (non-hydrogen) atoms. The molecule has 1 aromatic rings. The number of nitrogens with zero attached hydrogens (tertiary/aromatic N) is 1. The van der Waals surface area contributed by atoms with E-state index in [-0.39, 0.29) is 17.6 Å². The van der Waals surface area contributed by atoms with Gasteiger partial charge in [0.2, 0.25) is 5.91 Å². The van der Waals surface area contributed by atoms with Gasteiger partial charge in [-0.3, -0.25) is 9.59 Å². The molecule has 0 radical (unpaired) electrons. The smallest absolute Gasteiger partial charge is 0.229 e. The minimum atomic E-state index is 0.00318. The van der Waals surface area contributed by atoms with Gasteiger partial charge in [0.05, 0.1) is 0 Å². The number of benzene rings is 1. The van der Waals surface area contributed by atoms with Gasteiger partial charge in [-0.25, -0.2) is 0 Å². The SMILES string of the molecule is CC(=O)c1ccc2c(c1)CCCN2C(=O)C(C)C. The molecular formula is C15H19NO2. The third kappa shape index (κ3) is 2.30. The van der Waals surface area contributed by atoms with Crippen molar-refractivity contribution in [3.8, 4) is 0 Å². The average molecular weight is 245 g/mol. The van der Waals surface area contributed by atoms with Crippen LogP contribution in [0.1, 0.15) is 43.1 Å². The van der Waals surface area contributed by atoms with Gasteiger partial charge in [0.25, 0.3) is 0 Å². The van der Waals surface area contributed by atoms with Gasteiger partial charge in [-0.2, -0.15) is 0 Å². The van der Waals surface area contributed by atoms with E-state index >= 15 is 0 Å². The van der Waals surface area contributed by atoms with Gasteiger partial charge in [0, 0.05) is 23.7 Å². The van der Waals surface area contributed by atoms with Crippen LogP contribution in [-0.4, -0.2) is 18.2 Å². The second kappa shape index (κ2) is 4.92. The highest BCUT2D eigenvalue weighted by molar-refractivity contribution is 5.98. The molecule has 2 rings (SSSR count). The van der Waals surface area contributed by atoms with Crippen LogP contribution >= 0.6 is 0 Å². The number of ketones is 1. The Morgan fingerprint density at radius 2 is 2.00 bits per heavy atom. The summed E-state index contributed by atoms with van der Waals surface area (Å²) in [4.78, 5) is 25.4. The molecule has 1 heterocycles. The lowest BCUT2D eigenvalue weighted by Crippen LogP contribution is -2.38. The van der Waals surface area contributed by atoms with Crippen LogP contribution in [0.3, 0.4) is 0 Å². The Balaban J connectivity index is 2.39. The monoisotopic (exact) mass is 245 g/mol. The molecule has 0 bridgehead atoms. The summed E-state index contributed by atoms with van der Waals surface area (Å²) in [6, 6.07) is 5.65. The summed E-state index contributed by atoms with van der Waals surface area (Å²) in [5.41, 5.74) is 2.82. The van der Waals surface area contributed by atoms with E-state index in [0.717, 1.165) is 36.2 Å². The number of amides is 1. The Labute approximate surface area is 108 Å². The van der Waals surface area contributed by atoms with Crippen molar-refractivity contribution in [2.24, 2.45) is 5.92 Å². The highest BCUT2D eigenvalue weighted by atomic mass is 16.2. The van der Waals surface area contributed by atoms with Crippen LogP contribution in [0.2, 0.25) is 0 Å². The quantitative estimate of drug-likeness (QED) is 0.751. The van der Waals surface area contributed by atoms with E-state index in [1.165, 1.54) is 0 Å². The molecule has 96 valence electrons. The molecule has 3 nitrogen and oxygen atoms in total. The summed E-state index contributed by atoms with van der Waals surface area (Å²) in [6.45, 7) is 6.19. The van der Waals surface area contributed by atoms with Gasteiger partial charge < -0.3 is 4.90 Å². The zero-order valence-corrected chi connectivity index (χ0v) is 11.2. The summed E-state index contributed by atoms with van der Waals surface area (Å²) < 4.78 is 0. The van der Waals surface area contributed by atoms with Crippen LogP contribution in [0, 0.1) is 5.92 Å². The number of fused-ring (bicyclic) bond motifs is 1. The van der Waals surface area contributed by atoms with E-state index in [1.54, 1.807) is 6.92 Å². The van der Waals surface area contributed by atoms with Gasteiger partial charge in [-0.1, -0.05) is 13.8 Å². The van der Waals surface area contributed by atoms with Crippen molar-refractivity contribution in [3.05, 3.63) is 29.3 Å². The predicted molar refractivity (Wildman–Crippen MR) is 72.0 cm³/mol. The fourth-order valence-electron chi connectivity index (χ4n) is 2.36. The lowest BCUT2D eigenvalue weighted by molar-refractivity contribution is -0.121. The first-order valence-corrected chi connectivity index (χ1v) is 6.46. The van der Waals surface area contributed by atoms with Crippen molar-refractivity contribution in [3.63, 3.8) is 0 Å². The molecule has 1 aliphatic heterocycles. The zero-order valence-electron chi connectivity index (χ0n) is 11.2. The number of anilines is 1. The Kier molecular flexibility index (Phi) is 3.50. The van der Waals surface area contributed by atoms with E-state index < -0.39 is 0 Å². The van der Waals surface area contributed by atoms with Crippen molar-refractivity contribution in [1.82, 2.24) is 0 Å². The summed E-state index contributed by atoms with van der Waals surface area (Å²) in [5.74, 6) is 0.236. The molecule has 0 aliphatic carbocycles. The van der Waals surface area contributed by atoms with E-state index in [9.17, 15) is 9.59 Å². The van der Waals surface area contributed by atoms with Gasteiger partial charge in [0.15, 0.2) is 5.78 Å². The molecule has 3 heteroatoms. The van der Waals surface area contributed by atoms with Crippen LogP contribution in [0.25, 0.3) is 0 Å². The molecular weight excluding hydrogens is 226 g/mol. The van der Waals surface area contributed by atoms with E-state index in [4.69, 9.17) is 0 Å². The number of carbonyl (C=O) groups is 2. The van der Waals surface area contributed by atoms with Crippen molar-refractivity contribution in [1.29, 1.82) is 0 Å². The van der Waals surface area contributed by atoms with Gasteiger partial charge in [0.1, 0.15) is 0 Å². The largest absolute Gasteiger partial charge is 0.312 e. The van der Waals surface area contributed by atoms with Crippen molar-refractivity contribution in [2.75, 3.05) is 11.4 Å². The normalized spacial score (nSPS) is 14.6. The highest BCUT2D eigenvalue weighted by Gasteiger charge is 2.24. The Morgan fingerprint density at radius 1 is 1.28 bits per heavy atom. The first-order chi connectivity index (χ1) is 8.50. The molecule has 0 spiro atoms.